The molecule has 1 amide bonds. The molecule has 0 saturated heterocycles. The van der Waals surface area contributed by atoms with E-state index in [0.29, 0.717) is 6.54 Å². The molecular weight excluding hydrogens is 342 g/mol. The highest BCUT2D eigenvalue weighted by Gasteiger charge is 2.13. The number of amides is 1. The van der Waals surface area contributed by atoms with Crippen molar-refractivity contribution in [1.82, 2.24) is 19.6 Å². The Morgan fingerprint density at radius 3 is 2.85 bits per heavy atom. The van der Waals surface area contributed by atoms with Gasteiger partial charge in [0.25, 0.3) is 0 Å². The number of aryl methyl sites for hydroxylation is 2. The molecule has 0 bridgehead atoms. The van der Waals surface area contributed by atoms with Gasteiger partial charge in [-0.3, -0.25) is 14.2 Å². The van der Waals surface area contributed by atoms with Crippen molar-refractivity contribution in [2.45, 2.75) is 20.4 Å². The number of rotatable bonds is 6. The highest BCUT2D eigenvalue weighted by molar-refractivity contribution is 6.02. The zero-order valence-corrected chi connectivity index (χ0v) is 15.9. The predicted octanol–water partition coefficient (Wildman–Crippen LogP) is 2.94. The normalized spacial score (nSPS) is 11.1. The van der Waals surface area contributed by atoms with Crippen LogP contribution >= 0.6 is 0 Å². The number of methoxy groups -OCH3 is 1. The Balaban J connectivity index is 1.73. The Morgan fingerprint density at radius 1 is 1.33 bits per heavy atom. The minimum absolute atomic E-state index is 0.203. The van der Waals surface area contributed by atoms with Gasteiger partial charge in [0.1, 0.15) is 5.75 Å². The fourth-order valence-corrected chi connectivity index (χ4v) is 2.84. The van der Waals surface area contributed by atoms with E-state index in [1.807, 2.05) is 56.0 Å². The van der Waals surface area contributed by atoms with E-state index in [1.54, 1.807) is 24.1 Å². The molecular formula is C20H23N5O2. The summed E-state index contributed by atoms with van der Waals surface area (Å²) in [5.74, 6) is 0.606. The fraction of sp³-hybridized carbons (Fsp3) is 0.250. The molecule has 0 aliphatic heterocycles. The molecule has 0 radical (unpaired) electrons. The summed E-state index contributed by atoms with van der Waals surface area (Å²) in [5, 5.41) is 11.6. The maximum atomic E-state index is 12.3. The lowest BCUT2D eigenvalue weighted by Gasteiger charge is -2.07. The lowest BCUT2D eigenvalue weighted by molar-refractivity contribution is -0.111. The van der Waals surface area contributed by atoms with Gasteiger partial charge >= 0.3 is 0 Å². The van der Waals surface area contributed by atoms with E-state index < -0.39 is 0 Å². The molecule has 27 heavy (non-hydrogen) atoms. The van der Waals surface area contributed by atoms with Crippen LogP contribution in [0.3, 0.4) is 0 Å². The van der Waals surface area contributed by atoms with Gasteiger partial charge in [0.15, 0.2) is 0 Å². The molecule has 0 aliphatic rings. The standard InChI is InChI=1S/C20H23N5O2/c1-14-20(22-19(26)9-8-17-11-21-24(3)12-17)15(2)25(23-14)13-16-6-5-7-18(10-16)27-4/h5-12H,13H2,1-4H3,(H,22,26)/b9-8+. The second kappa shape index (κ2) is 7.90. The van der Waals surface area contributed by atoms with Crippen LogP contribution in [-0.4, -0.2) is 32.6 Å². The van der Waals surface area contributed by atoms with Gasteiger partial charge in [0.05, 0.1) is 36.9 Å². The molecule has 0 spiro atoms. The SMILES string of the molecule is COc1cccc(Cn2nc(C)c(NC(=O)/C=C/c3cnn(C)c3)c2C)c1. The van der Waals surface area contributed by atoms with E-state index in [1.165, 1.54) is 6.08 Å². The number of benzene rings is 1. The zero-order valence-electron chi connectivity index (χ0n) is 15.9. The Bertz CT molecular complexity index is 984. The van der Waals surface area contributed by atoms with Crippen LogP contribution in [-0.2, 0) is 18.4 Å². The summed E-state index contributed by atoms with van der Waals surface area (Å²) in [4.78, 5) is 12.3. The zero-order chi connectivity index (χ0) is 19.4. The molecule has 0 atom stereocenters. The van der Waals surface area contributed by atoms with Gasteiger partial charge in [0.2, 0.25) is 5.91 Å². The van der Waals surface area contributed by atoms with Crippen molar-refractivity contribution < 1.29 is 9.53 Å². The minimum atomic E-state index is -0.203. The van der Waals surface area contributed by atoms with Crippen LogP contribution in [0.15, 0.2) is 42.7 Å². The Hall–Kier alpha value is -3.35. The number of carbonyl (C=O) groups is 1. The first-order valence-corrected chi connectivity index (χ1v) is 8.61. The maximum absolute atomic E-state index is 12.3. The van der Waals surface area contributed by atoms with E-state index in [4.69, 9.17) is 4.74 Å². The second-order valence-corrected chi connectivity index (χ2v) is 6.32. The van der Waals surface area contributed by atoms with Crippen LogP contribution in [0.4, 0.5) is 5.69 Å². The average Bonchev–Trinajstić information content (AvgIpc) is 3.18. The summed E-state index contributed by atoms with van der Waals surface area (Å²) in [6.45, 7) is 4.43. The first-order valence-electron chi connectivity index (χ1n) is 8.61. The van der Waals surface area contributed by atoms with Crippen LogP contribution in [0, 0.1) is 13.8 Å². The highest BCUT2D eigenvalue weighted by Crippen LogP contribution is 2.21. The first kappa shape index (κ1) is 18.4. The van der Waals surface area contributed by atoms with Crippen molar-refractivity contribution in [1.29, 1.82) is 0 Å². The smallest absolute Gasteiger partial charge is 0.248 e. The third-order valence-corrected chi connectivity index (χ3v) is 4.25. The Labute approximate surface area is 158 Å². The molecule has 0 fully saturated rings. The van der Waals surface area contributed by atoms with E-state index in [9.17, 15) is 4.79 Å². The number of nitrogens with one attached hydrogen (secondary N) is 1. The number of nitrogens with zero attached hydrogens (tertiary/aromatic N) is 4. The number of ether oxygens (including phenoxy) is 1. The molecule has 2 aromatic heterocycles. The number of anilines is 1. The Kier molecular flexibility index (Phi) is 5.40. The summed E-state index contributed by atoms with van der Waals surface area (Å²) < 4.78 is 8.84. The minimum Gasteiger partial charge on any atom is -0.497 e. The molecule has 7 heteroatoms. The molecule has 7 nitrogen and oxygen atoms in total. The molecule has 140 valence electrons. The van der Waals surface area contributed by atoms with Gasteiger partial charge in [-0.25, -0.2) is 0 Å². The van der Waals surface area contributed by atoms with Crippen molar-refractivity contribution in [2.75, 3.05) is 12.4 Å². The third-order valence-electron chi connectivity index (χ3n) is 4.25. The fourth-order valence-electron chi connectivity index (χ4n) is 2.84. The predicted molar refractivity (Wildman–Crippen MR) is 105 cm³/mol. The van der Waals surface area contributed by atoms with Gasteiger partial charge in [-0.05, 0) is 37.6 Å². The second-order valence-electron chi connectivity index (χ2n) is 6.32. The highest BCUT2D eigenvalue weighted by atomic mass is 16.5. The molecule has 0 saturated carbocycles. The van der Waals surface area contributed by atoms with Crippen LogP contribution in [0.2, 0.25) is 0 Å². The molecule has 1 N–H and O–H groups in total. The van der Waals surface area contributed by atoms with Gasteiger partial charge in [0, 0.05) is 24.9 Å². The van der Waals surface area contributed by atoms with Crippen molar-refractivity contribution in [3.8, 4) is 5.75 Å². The Morgan fingerprint density at radius 2 is 2.15 bits per heavy atom. The van der Waals surface area contributed by atoms with Crippen molar-refractivity contribution in [3.05, 3.63) is 65.2 Å². The summed E-state index contributed by atoms with van der Waals surface area (Å²) in [5.41, 5.74) is 4.36. The summed E-state index contributed by atoms with van der Waals surface area (Å²) in [6, 6.07) is 7.86. The van der Waals surface area contributed by atoms with Crippen LogP contribution in [0.25, 0.3) is 6.08 Å². The topological polar surface area (TPSA) is 74.0 Å². The van der Waals surface area contributed by atoms with Crippen LogP contribution in [0.1, 0.15) is 22.5 Å². The maximum Gasteiger partial charge on any atom is 0.248 e. The number of aromatic nitrogens is 4. The van der Waals surface area contributed by atoms with E-state index in [-0.39, 0.29) is 5.91 Å². The van der Waals surface area contributed by atoms with Crippen molar-refractivity contribution in [2.24, 2.45) is 7.05 Å². The largest absolute Gasteiger partial charge is 0.497 e. The van der Waals surface area contributed by atoms with Crippen molar-refractivity contribution >= 4 is 17.7 Å². The van der Waals surface area contributed by atoms with E-state index in [2.05, 4.69) is 15.5 Å². The quantitative estimate of drug-likeness (QED) is 0.682. The van der Waals surface area contributed by atoms with Gasteiger partial charge in [-0.2, -0.15) is 10.2 Å². The lowest BCUT2D eigenvalue weighted by atomic mass is 10.2. The van der Waals surface area contributed by atoms with Gasteiger partial charge in [-0.15, -0.1) is 0 Å². The van der Waals surface area contributed by atoms with E-state index >= 15 is 0 Å². The molecule has 3 aromatic rings. The van der Waals surface area contributed by atoms with Crippen LogP contribution < -0.4 is 10.1 Å². The summed E-state index contributed by atoms with van der Waals surface area (Å²) >= 11 is 0. The summed E-state index contributed by atoms with van der Waals surface area (Å²) in [6.07, 6.45) is 6.77. The first-order chi connectivity index (χ1) is 13.0. The summed E-state index contributed by atoms with van der Waals surface area (Å²) in [7, 11) is 3.48. The third kappa shape index (κ3) is 4.44. The van der Waals surface area contributed by atoms with Crippen molar-refractivity contribution in [3.63, 3.8) is 0 Å². The molecule has 1 aromatic carbocycles. The van der Waals surface area contributed by atoms with Gasteiger partial charge < -0.3 is 10.1 Å². The molecule has 0 unspecified atom stereocenters. The average molecular weight is 365 g/mol. The van der Waals surface area contributed by atoms with Crippen LogP contribution in [0.5, 0.6) is 5.75 Å². The monoisotopic (exact) mass is 365 g/mol. The number of carbonyl (C=O) groups excluding carboxylic acids is 1. The molecule has 0 aliphatic carbocycles. The van der Waals surface area contributed by atoms with E-state index in [0.717, 1.165) is 34.0 Å². The lowest BCUT2D eigenvalue weighted by Crippen LogP contribution is -2.10. The molecule has 3 rings (SSSR count). The number of hydrogen-bond donors (Lipinski definition) is 1. The molecule has 2 heterocycles. The number of hydrogen-bond acceptors (Lipinski definition) is 4. The van der Waals surface area contributed by atoms with Gasteiger partial charge in [-0.1, -0.05) is 12.1 Å².